The van der Waals surface area contributed by atoms with Crippen LogP contribution in [0.1, 0.15) is 23.6 Å². The number of aryl methyl sites for hydroxylation is 1. The maximum Gasteiger partial charge on any atom is 0.416 e. The van der Waals surface area contributed by atoms with Crippen LogP contribution in [-0.2, 0) is 19.3 Å². The molecule has 6 nitrogen and oxygen atoms in total. The molecule has 0 radical (unpaired) electrons. The molecule has 4 rings (SSSR count). The van der Waals surface area contributed by atoms with E-state index in [1.54, 1.807) is 23.6 Å². The SMILES string of the molecule is CCn1c(=O)c2c(ncn2Cc2ccc(C(F)(F)F)cc2)n(-c2ccc(C)cc2)c1=O. The van der Waals surface area contributed by atoms with Gasteiger partial charge in [-0.05, 0) is 43.7 Å². The zero-order chi connectivity index (χ0) is 22.3. The molecule has 9 heteroatoms. The predicted molar refractivity (Wildman–Crippen MR) is 111 cm³/mol. The van der Waals surface area contributed by atoms with Crippen molar-refractivity contribution in [1.82, 2.24) is 18.7 Å². The van der Waals surface area contributed by atoms with E-state index in [0.29, 0.717) is 11.3 Å². The van der Waals surface area contributed by atoms with E-state index >= 15 is 0 Å². The monoisotopic (exact) mass is 428 g/mol. The van der Waals surface area contributed by atoms with Gasteiger partial charge in [0.2, 0.25) is 0 Å². The second kappa shape index (κ2) is 7.57. The van der Waals surface area contributed by atoms with Gasteiger partial charge >= 0.3 is 11.9 Å². The summed E-state index contributed by atoms with van der Waals surface area (Å²) in [4.78, 5) is 30.3. The summed E-state index contributed by atoms with van der Waals surface area (Å²) in [5, 5.41) is 0. The maximum absolute atomic E-state index is 13.0. The van der Waals surface area contributed by atoms with Gasteiger partial charge in [0, 0.05) is 13.1 Å². The largest absolute Gasteiger partial charge is 0.416 e. The van der Waals surface area contributed by atoms with Crippen LogP contribution in [0.2, 0.25) is 0 Å². The molecular weight excluding hydrogens is 409 g/mol. The van der Waals surface area contributed by atoms with Gasteiger partial charge in [0.05, 0.1) is 17.6 Å². The van der Waals surface area contributed by atoms with E-state index in [2.05, 4.69) is 4.98 Å². The van der Waals surface area contributed by atoms with Gasteiger partial charge in [-0.25, -0.2) is 14.3 Å². The number of imidazole rings is 1. The van der Waals surface area contributed by atoms with Crippen molar-refractivity contribution in [2.45, 2.75) is 33.1 Å². The van der Waals surface area contributed by atoms with Crippen LogP contribution in [0.4, 0.5) is 13.2 Å². The normalized spacial score (nSPS) is 11.9. The molecule has 0 spiro atoms. The molecule has 0 aliphatic carbocycles. The Balaban J connectivity index is 1.87. The van der Waals surface area contributed by atoms with Crippen molar-refractivity contribution in [3.8, 4) is 5.69 Å². The van der Waals surface area contributed by atoms with Crippen molar-refractivity contribution >= 4 is 11.2 Å². The van der Waals surface area contributed by atoms with Gasteiger partial charge < -0.3 is 4.57 Å². The lowest BCUT2D eigenvalue weighted by Gasteiger charge is -2.12. The number of nitrogens with zero attached hydrogens (tertiary/aromatic N) is 4. The van der Waals surface area contributed by atoms with Gasteiger partial charge in [0.1, 0.15) is 0 Å². The number of rotatable bonds is 4. The van der Waals surface area contributed by atoms with Gasteiger partial charge in [-0.1, -0.05) is 29.8 Å². The minimum Gasteiger partial charge on any atom is -0.320 e. The molecule has 0 atom stereocenters. The van der Waals surface area contributed by atoms with E-state index in [1.165, 1.54) is 23.0 Å². The van der Waals surface area contributed by atoms with Crippen molar-refractivity contribution in [1.29, 1.82) is 0 Å². The molecule has 0 amide bonds. The van der Waals surface area contributed by atoms with Crippen LogP contribution in [0.5, 0.6) is 0 Å². The summed E-state index contributed by atoms with van der Waals surface area (Å²) in [7, 11) is 0. The van der Waals surface area contributed by atoms with Gasteiger partial charge in [-0.15, -0.1) is 0 Å². The Bertz CT molecular complexity index is 1360. The van der Waals surface area contributed by atoms with Crippen LogP contribution in [0.3, 0.4) is 0 Å². The highest BCUT2D eigenvalue weighted by atomic mass is 19.4. The van der Waals surface area contributed by atoms with Crippen molar-refractivity contribution in [3.63, 3.8) is 0 Å². The van der Waals surface area contributed by atoms with E-state index in [4.69, 9.17) is 0 Å². The Morgan fingerprint density at radius 1 is 0.968 bits per heavy atom. The minimum absolute atomic E-state index is 0.139. The molecule has 0 aliphatic rings. The fourth-order valence-electron chi connectivity index (χ4n) is 3.50. The van der Waals surface area contributed by atoms with Crippen LogP contribution in [0.15, 0.2) is 64.4 Å². The maximum atomic E-state index is 13.0. The van der Waals surface area contributed by atoms with Gasteiger partial charge in [0.25, 0.3) is 5.56 Å². The van der Waals surface area contributed by atoms with Crippen molar-refractivity contribution in [2.75, 3.05) is 0 Å². The number of halogens is 3. The molecule has 4 aromatic rings. The van der Waals surface area contributed by atoms with E-state index in [0.717, 1.165) is 22.3 Å². The topological polar surface area (TPSA) is 61.8 Å². The Morgan fingerprint density at radius 2 is 1.61 bits per heavy atom. The average Bonchev–Trinajstić information content (AvgIpc) is 3.13. The number of fused-ring (bicyclic) bond motifs is 1. The van der Waals surface area contributed by atoms with E-state index in [1.807, 2.05) is 19.1 Å². The lowest BCUT2D eigenvalue weighted by Crippen LogP contribution is -2.39. The zero-order valence-corrected chi connectivity index (χ0v) is 16.8. The summed E-state index contributed by atoms with van der Waals surface area (Å²) in [5.74, 6) is 0. The quantitative estimate of drug-likeness (QED) is 0.498. The van der Waals surface area contributed by atoms with Crippen molar-refractivity contribution in [2.24, 2.45) is 0 Å². The molecular formula is C22H19F3N4O2. The summed E-state index contributed by atoms with van der Waals surface area (Å²) >= 11 is 0. The third-order valence-electron chi connectivity index (χ3n) is 5.14. The molecule has 160 valence electrons. The molecule has 0 aliphatic heterocycles. The summed E-state index contributed by atoms with van der Waals surface area (Å²) in [6, 6.07) is 12.0. The highest BCUT2D eigenvalue weighted by Gasteiger charge is 2.30. The van der Waals surface area contributed by atoms with Crippen molar-refractivity contribution < 1.29 is 13.2 Å². The van der Waals surface area contributed by atoms with E-state index < -0.39 is 23.0 Å². The van der Waals surface area contributed by atoms with Crippen LogP contribution >= 0.6 is 0 Å². The third kappa shape index (κ3) is 3.67. The summed E-state index contributed by atoms with van der Waals surface area (Å²) in [5.41, 5.74) is 0.847. The van der Waals surface area contributed by atoms with Gasteiger partial charge in [-0.2, -0.15) is 13.2 Å². The molecule has 0 N–H and O–H groups in total. The zero-order valence-electron chi connectivity index (χ0n) is 16.8. The highest BCUT2D eigenvalue weighted by molar-refractivity contribution is 5.72. The first-order chi connectivity index (χ1) is 14.7. The standard InChI is InChI=1S/C22H19F3N4O2/c1-3-28-20(30)18-19(29(21(28)31)17-10-4-14(2)5-11-17)26-13-27(18)12-15-6-8-16(9-7-15)22(23,24)25/h4-11,13H,3,12H2,1-2H3. The number of aromatic nitrogens is 4. The molecule has 31 heavy (non-hydrogen) atoms. The van der Waals surface area contributed by atoms with Crippen molar-refractivity contribution in [3.05, 3.63) is 92.4 Å². The second-order valence-corrected chi connectivity index (χ2v) is 7.24. The summed E-state index contributed by atoms with van der Waals surface area (Å²) < 4.78 is 42.5. The smallest absolute Gasteiger partial charge is 0.320 e. The summed E-state index contributed by atoms with van der Waals surface area (Å²) in [6.07, 6.45) is -2.99. The molecule has 0 saturated carbocycles. The van der Waals surface area contributed by atoms with Crippen LogP contribution in [0, 0.1) is 6.92 Å². The number of alkyl halides is 3. The molecule has 2 aromatic heterocycles. The van der Waals surface area contributed by atoms with E-state index in [-0.39, 0.29) is 24.3 Å². The third-order valence-corrected chi connectivity index (χ3v) is 5.14. The molecule has 0 bridgehead atoms. The van der Waals surface area contributed by atoms with Crippen LogP contribution < -0.4 is 11.2 Å². The molecule has 0 saturated heterocycles. The molecule has 0 unspecified atom stereocenters. The molecule has 2 aromatic carbocycles. The van der Waals surface area contributed by atoms with Gasteiger partial charge in [-0.3, -0.25) is 9.36 Å². The molecule has 2 heterocycles. The van der Waals surface area contributed by atoms with E-state index in [9.17, 15) is 22.8 Å². The first-order valence-corrected chi connectivity index (χ1v) is 9.64. The molecule has 0 fully saturated rings. The Hall–Kier alpha value is -3.62. The Labute approximate surface area is 174 Å². The Kier molecular flexibility index (Phi) is 5.04. The Morgan fingerprint density at radius 3 is 2.19 bits per heavy atom. The first kappa shape index (κ1) is 20.6. The predicted octanol–water partition coefficient (Wildman–Crippen LogP) is 3.74. The highest BCUT2D eigenvalue weighted by Crippen LogP contribution is 2.29. The first-order valence-electron chi connectivity index (χ1n) is 9.64. The number of hydrogen-bond acceptors (Lipinski definition) is 3. The second-order valence-electron chi connectivity index (χ2n) is 7.24. The fourth-order valence-corrected chi connectivity index (χ4v) is 3.50. The van der Waals surface area contributed by atoms with Gasteiger partial charge in [0.15, 0.2) is 11.2 Å². The van der Waals surface area contributed by atoms with Crippen LogP contribution in [-0.4, -0.2) is 18.7 Å². The lowest BCUT2D eigenvalue weighted by molar-refractivity contribution is -0.137. The lowest BCUT2D eigenvalue weighted by atomic mass is 10.1. The number of benzene rings is 2. The number of hydrogen-bond donors (Lipinski definition) is 0. The minimum atomic E-state index is -4.42. The van der Waals surface area contributed by atoms with Crippen LogP contribution in [0.25, 0.3) is 16.9 Å². The fraction of sp³-hybridized carbons (Fsp3) is 0.227. The average molecular weight is 428 g/mol. The summed E-state index contributed by atoms with van der Waals surface area (Å²) in [6.45, 7) is 3.93.